The second-order valence-corrected chi connectivity index (χ2v) is 4.83. The molecule has 6 nitrogen and oxygen atoms in total. The van der Waals surface area contributed by atoms with Crippen molar-refractivity contribution in [3.8, 4) is 5.75 Å². The quantitative estimate of drug-likeness (QED) is 0.513. The Morgan fingerprint density at radius 1 is 1.00 bits per heavy atom. The van der Waals surface area contributed by atoms with Crippen LogP contribution in [0.4, 0.5) is 10.1 Å². The normalized spacial score (nSPS) is 10.9. The van der Waals surface area contributed by atoms with Crippen LogP contribution in [0.25, 0.3) is 0 Å². The molecule has 0 aliphatic rings. The van der Waals surface area contributed by atoms with Gasteiger partial charge in [0.15, 0.2) is 0 Å². The Morgan fingerprint density at radius 2 is 1.62 bits per heavy atom. The highest BCUT2D eigenvalue weighted by atomic mass is 19.1. The van der Waals surface area contributed by atoms with Crippen molar-refractivity contribution in [3.05, 3.63) is 59.9 Å². The highest BCUT2D eigenvalue weighted by molar-refractivity contribution is 6.39. The number of hydrogen-bond donors (Lipinski definition) is 2. The number of ether oxygens (including phenoxy) is 1. The highest BCUT2D eigenvalue weighted by Crippen LogP contribution is 2.14. The van der Waals surface area contributed by atoms with E-state index in [-0.39, 0.29) is 5.82 Å². The van der Waals surface area contributed by atoms with E-state index in [4.69, 9.17) is 4.74 Å². The van der Waals surface area contributed by atoms with E-state index < -0.39 is 11.8 Å². The average Bonchev–Trinajstić information content (AvgIpc) is 2.60. The Bertz CT molecular complexity index is 756. The van der Waals surface area contributed by atoms with Crippen LogP contribution in [-0.4, -0.2) is 24.6 Å². The number of carbonyl (C=O) groups excluding carboxylic acids is 2. The van der Waals surface area contributed by atoms with Gasteiger partial charge in [-0.3, -0.25) is 9.59 Å². The predicted molar refractivity (Wildman–Crippen MR) is 88.4 cm³/mol. The summed E-state index contributed by atoms with van der Waals surface area (Å²) in [5.74, 6) is -1.49. The maximum Gasteiger partial charge on any atom is 0.329 e. The average molecular weight is 329 g/mol. The van der Waals surface area contributed by atoms with Crippen molar-refractivity contribution in [2.45, 2.75) is 6.92 Å². The lowest BCUT2D eigenvalue weighted by Gasteiger charge is -2.06. The molecule has 0 fully saturated rings. The summed E-state index contributed by atoms with van der Waals surface area (Å²) in [5, 5.41) is 6.27. The maximum atomic E-state index is 12.9. The van der Waals surface area contributed by atoms with Crippen LogP contribution in [0.15, 0.2) is 53.6 Å². The molecule has 0 aliphatic carbocycles. The van der Waals surface area contributed by atoms with Crippen LogP contribution in [0.1, 0.15) is 12.5 Å². The zero-order valence-electron chi connectivity index (χ0n) is 13.2. The lowest BCUT2D eigenvalue weighted by molar-refractivity contribution is -0.136. The van der Waals surface area contributed by atoms with E-state index in [1.807, 2.05) is 0 Å². The molecule has 0 aromatic heterocycles. The molecule has 0 unspecified atom stereocenters. The van der Waals surface area contributed by atoms with Crippen LogP contribution in [0.3, 0.4) is 0 Å². The Balaban J connectivity index is 1.94. The highest BCUT2D eigenvalue weighted by Gasteiger charge is 2.13. The second-order valence-electron chi connectivity index (χ2n) is 4.83. The fourth-order valence-electron chi connectivity index (χ4n) is 1.80. The van der Waals surface area contributed by atoms with Gasteiger partial charge in [-0.05, 0) is 48.9 Å². The van der Waals surface area contributed by atoms with Gasteiger partial charge >= 0.3 is 11.8 Å². The minimum atomic E-state index is -0.910. The number of hydrogen-bond acceptors (Lipinski definition) is 4. The Morgan fingerprint density at radius 3 is 2.21 bits per heavy atom. The standard InChI is InChI=1S/C17H16FN3O3/c1-11(12-3-5-13(18)6-4-12)20-21-17(23)16(22)19-14-7-9-15(24-2)10-8-14/h3-10H,1-2H3,(H,19,22)(H,21,23)/b20-11-. The third kappa shape index (κ3) is 4.64. The van der Waals surface area contributed by atoms with Crippen LogP contribution >= 0.6 is 0 Å². The van der Waals surface area contributed by atoms with Gasteiger partial charge in [0.25, 0.3) is 0 Å². The summed E-state index contributed by atoms with van der Waals surface area (Å²) in [4.78, 5) is 23.5. The lowest BCUT2D eigenvalue weighted by Crippen LogP contribution is -2.32. The molecule has 7 heteroatoms. The first kappa shape index (κ1) is 17.1. The fraction of sp³-hybridized carbons (Fsp3) is 0.118. The molecular weight excluding hydrogens is 313 g/mol. The van der Waals surface area contributed by atoms with Crippen LogP contribution in [0.5, 0.6) is 5.75 Å². The zero-order valence-corrected chi connectivity index (χ0v) is 13.2. The summed E-state index contributed by atoms with van der Waals surface area (Å²) in [5.41, 5.74) is 3.69. The number of halogens is 1. The van der Waals surface area contributed by atoms with Crippen molar-refractivity contribution in [2.75, 3.05) is 12.4 Å². The van der Waals surface area contributed by atoms with E-state index in [0.717, 1.165) is 0 Å². The largest absolute Gasteiger partial charge is 0.497 e. The van der Waals surface area contributed by atoms with Gasteiger partial charge in [-0.2, -0.15) is 5.10 Å². The molecule has 0 aliphatic heterocycles. The minimum absolute atomic E-state index is 0.366. The Kier molecular flexibility index (Phi) is 5.62. The third-order valence-electron chi connectivity index (χ3n) is 3.14. The van der Waals surface area contributed by atoms with E-state index in [2.05, 4.69) is 15.8 Å². The molecule has 2 aromatic rings. The summed E-state index contributed by atoms with van der Waals surface area (Å²) in [6.45, 7) is 1.63. The van der Waals surface area contributed by atoms with Crippen LogP contribution in [0, 0.1) is 5.82 Å². The molecule has 0 spiro atoms. The number of methoxy groups -OCH3 is 1. The van der Waals surface area contributed by atoms with Gasteiger partial charge in [-0.25, -0.2) is 9.82 Å². The van der Waals surface area contributed by atoms with E-state index in [0.29, 0.717) is 22.7 Å². The first-order chi connectivity index (χ1) is 11.5. The number of benzene rings is 2. The molecule has 0 atom stereocenters. The molecule has 124 valence electrons. The molecule has 0 saturated heterocycles. The van der Waals surface area contributed by atoms with Crippen molar-refractivity contribution in [2.24, 2.45) is 5.10 Å². The molecule has 2 N–H and O–H groups in total. The molecule has 24 heavy (non-hydrogen) atoms. The summed E-state index contributed by atoms with van der Waals surface area (Å²) in [7, 11) is 1.53. The molecule has 2 aromatic carbocycles. The first-order valence-electron chi connectivity index (χ1n) is 7.05. The lowest BCUT2D eigenvalue weighted by atomic mass is 10.1. The van der Waals surface area contributed by atoms with Gasteiger partial charge in [-0.15, -0.1) is 0 Å². The Hall–Kier alpha value is -3.22. The number of nitrogens with zero attached hydrogens (tertiary/aromatic N) is 1. The topological polar surface area (TPSA) is 79.8 Å². The number of amides is 2. The summed E-state index contributed by atoms with van der Waals surface area (Å²) in [6.07, 6.45) is 0. The number of anilines is 1. The molecule has 0 heterocycles. The van der Waals surface area contributed by atoms with Crippen molar-refractivity contribution in [3.63, 3.8) is 0 Å². The molecule has 0 bridgehead atoms. The molecular formula is C17H16FN3O3. The summed E-state index contributed by atoms with van der Waals surface area (Å²) < 4.78 is 17.9. The summed E-state index contributed by atoms with van der Waals surface area (Å²) in [6, 6.07) is 12.2. The SMILES string of the molecule is COc1ccc(NC(=O)C(=O)N/N=C(/C)c2ccc(F)cc2)cc1. The van der Waals surface area contributed by atoms with Gasteiger partial charge in [0.05, 0.1) is 12.8 Å². The van der Waals surface area contributed by atoms with Gasteiger partial charge in [0.1, 0.15) is 11.6 Å². The van der Waals surface area contributed by atoms with E-state index >= 15 is 0 Å². The number of carbonyl (C=O) groups is 2. The summed E-state index contributed by atoms with van der Waals surface area (Å²) >= 11 is 0. The minimum Gasteiger partial charge on any atom is -0.497 e. The Labute approximate surface area is 138 Å². The van der Waals surface area contributed by atoms with Crippen LogP contribution in [-0.2, 0) is 9.59 Å². The molecule has 0 radical (unpaired) electrons. The second kappa shape index (κ2) is 7.87. The predicted octanol–water partition coefficient (Wildman–Crippen LogP) is 2.31. The number of hydrazone groups is 1. The van der Waals surface area contributed by atoms with Crippen LogP contribution in [0.2, 0.25) is 0 Å². The van der Waals surface area contributed by atoms with Crippen molar-refractivity contribution in [1.29, 1.82) is 0 Å². The van der Waals surface area contributed by atoms with Crippen molar-refractivity contribution in [1.82, 2.24) is 5.43 Å². The van der Waals surface area contributed by atoms with Crippen molar-refractivity contribution >= 4 is 23.2 Å². The smallest absolute Gasteiger partial charge is 0.329 e. The van der Waals surface area contributed by atoms with E-state index in [1.165, 1.54) is 31.4 Å². The van der Waals surface area contributed by atoms with Gasteiger partial charge in [0, 0.05) is 5.69 Å². The monoisotopic (exact) mass is 329 g/mol. The maximum absolute atomic E-state index is 12.9. The number of rotatable bonds is 4. The third-order valence-corrected chi connectivity index (χ3v) is 3.14. The van der Waals surface area contributed by atoms with Gasteiger partial charge < -0.3 is 10.1 Å². The van der Waals surface area contributed by atoms with Gasteiger partial charge in [-0.1, -0.05) is 12.1 Å². The van der Waals surface area contributed by atoms with E-state index in [9.17, 15) is 14.0 Å². The fourth-order valence-corrected chi connectivity index (χ4v) is 1.80. The molecule has 2 rings (SSSR count). The van der Waals surface area contributed by atoms with Crippen LogP contribution < -0.4 is 15.5 Å². The van der Waals surface area contributed by atoms with E-state index in [1.54, 1.807) is 31.2 Å². The zero-order chi connectivity index (χ0) is 17.5. The first-order valence-corrected chi connectivity index (χ1v) is 7.05. The number of nitrogens with one attached hydrogen (secondary N) is 2. The van der Waals surface area contributed by atoms with Gasteiger partial charge in [0.2, 0.25) is 0 Å². The van der Waals surface area contributed by atoms with Crippen molar-refractivity contribution < 1.29 is 18.7 Å². The molecule has 2 amide bonds. The molecule has 0 saturated carbocycles.